The quantitative estimate of drug-likeness (QED) is 0.802. The number of benzene rings is 1. The van der Waals surface area contributed by atoms with E-state index in [0.717, 1.165) is 18.1 Å². The van der Waals surface area contributed by atoms with Crippen LogP contribution in [0.5, 0.6) is 5.75 Å². The molecule has 2 N–H and O–H groups in total. The molecule has 1 fully saturated rings. The Bertz CT molecular complexity index is 303. The summed E-state index contributed by atoms with van der Waals surface area (Å²) in [5.41, 5.74) is 7.35. The Balaban J connectivity index is 1.95. The average molecular weight is 205 g/mol. The van der Waals surface area contributed by atoms with E-state index in [0.29, 0.717) is 6.61 Å². The Morgan fingerprint density at radius 1 is 1.33 bits per heavy atom. The van der Waals surface area contributed by atoms with E-state index < -0.39 is 0 Å². The number of hydrogen-bond donors (Lipinski definition) is 1. The SMILES string of the molecule is CCOc1ccc([C@@H](N)CC2CC2)cc1. The molecule has 0 heterocycles. The van der Waals surface area contributed by atoms with Crippen molar-refractivity contribution < 1.29 is 4.74 Å². The second-order valence-electron chi connectivity index (χ2n) is 4.29. The lowest BCUT2D eigenvalue weighted by atomic mass is 10.0. The molecule has 0 aliphatic heterocycles. The van der Waals surface area contributed by atoms with Crippen LogP contribution in [0.15, 0.2) is 24.3 Å². The van der Waals surface area contributed by atoms with Gasteiger partial charge < -0.3 is 10.5 Å². The van der Waals surface area contributed by atoms with Gasteiger partial charge in [-0.25, -0.2) is 0 Å². The summed E-state index contributed by atoms with van der Waals surface area (Å²) in [7, 11) is 0. The predicted octanol–water partition coefficient (Wildman–Crippen LogP) is 2.89. The summed E-state index contributed by atoms with van der Waals surface area (Å²) in [5, 5.41) is 0. The van der Waals surface area contributed by atoms with E-state index in [9.17, 15) is 0 Å². The largest absolute Gasteiger partial charge is 0.494 e. The minimum Gasteiger partial charge on any atom is -0.494 e. The molecule has 1 saturated carbocycles. The third-order valence-corrected chi connectivity index (χ3v) is 2.90. The molecule has 0 unspecified atom stereocenters. The zero-order chi connectivity index (χ0) is 10.7. The summed E-state index contributed by atoms with van der Waals surface area (Å²) < 4.78 is 5.39. The number of nitrogens with two attached hydrogens (primary N) is 1. The number of rotatable bonds is 5. The van der Waals surface area contributed by atoms with Crippen LogP contribution in [0.3, 0.4) is 0 Å². The predicted molar refractivity (Wildman–Crippen MR) is 61.9 cm³/mol. The Morgan fingerprint density at radius 3 is 2.53 bits per heavy atom. The monoisotopic (exact) mass is 205 g/mol. The highest BCUT2D eigenvalue weighted by Crippen LogP contribution is 2.36. The molecule has 0 radical (unpaired) electrons. The fraction of sp³-hybridized carbons (Fsp3) is 0.538. The van der Waals surface area contributed by atoms with Gasteiger partial charge in [0.05, 0.1) is 6.61 Å². The third-order valence-electron chi connectivity index (χ3n) is 2.90. The van der Waals surface area contributed by atoms with E-state index in [4.69, 9.17) is 10.5 Å². The van der Waals surface area contributed by atoms with Crippen LogP contribution in [-0.2, 0) is 0 Å². The van der Waals surface area contributed by atoms with Gasteiger partial charge in [0, 0.05) is 6.04 Å². The molecule has 1 aromatic rings. The van der Waals surface area contributed by atoms with Gasteiger partial charge in [0.2, 0.25) is 0 Å². The van der Waals surface area contributed by atoms with Gasteiger partial charge in [-0.1, -0.05) is 25.0 Å². The molecule has 0 saturated heterocycles. The lowest BCUT2D eigenvalue weighted by Crippen LogP contribution is -2.10. The van der Waals surface area contributed by atoms with Crippen LogP contribution in [0.1, 0.15) is 37.8 Å². The van der Waals surface area contributed by atoms with Crippen LogP contribution >= 0.6 is 0 Å². The average Bonchev–Trinajstić information content (AvgIpc) is 3.03. The van der Waals surface area contributed by atoms with E-state index in [2.05, 4.69) is 12.1 Å². The van der Waals surface area contributed by atoms with Gasteiger partial charge >= 0.3 is 0 Å². The summed E-state index contributed by atoms with van der Waals surface area (Å²) in [6.07, 6.45) is 3.86. The summed E-state index contributed by atoms with van der Waals surface area (Å²) in [4.78, 5) is 0. The van der Waals surface area contributed by atoms with Gasteiger partial charge in [0.25, 0.3) is 0 Å². The van der Waals surface area contributed by atoms with Crippen LogP contribution in [-0.4, -0.2) is 6.61 Å². The van der Waals surface area contributed by atoms with Crippen LogP contribution in [0.4, 0.5) is 0 Å². The molecule has 1 aromatic carbocycles. The molecule has 0 aromatic heterocycles. The summed E-state index contributed by atoms with van der Waals surface area (Å²) in [5.74, 6) is 1.81. The molecule has 0 amide bonds. The molecular weight excluding hydrogens is 186 g/mol. The van der Waals surface area contributed by atoms with E-state index in [1.54, 1.807) is 0 Å². The van der Waals surface area contributed by atoms with Crippen molar-refractivity contribution in [1.82, 2.24) is 0 Å². The van der Waals surface area contributed by atoms with E-state index in [-0.39, 0.29) is 6.04 Å². The highest BCUT2D eigenvalue weighted by molar-refractivity contribution is 5.29. The second-order valence-corrected chi connectivity index (χ2v) is 4.29. The molecule has 82 valence electrons. The maximum atomic E-state index is 6.12. The van der Waals surface area contributed by atoms with Crippen molar-refractivity contribution in [3.8, 4) is 5.75 Å². The van der Waals surface area contributed by atoms with Gasteiger partial charge in [0.1, 0.15) is 5.75 Å². The summed E-state index contributed by atoms with van der Waals surface area (Å²) >= 11 is 0. The normalized spacial score (nSPS) is 17.5. The molecule has 2 heteroatoms. The van der Waals surface area contributed by atoms with Crippen LogP contribution in [0.2, 0.25) is 0 Å². The zero-order valence-electron chi connectivity index (χ0n) is 9.28. The van der Waals surface area contributed by atoms with Crippen molar-refractivity contribution in [3.63, 3.8) is 0 Å². The molecule has 1 aliphatic carbocycles. The first-order valence-corrected chi connectivity index (χ1v) is 5.78. The van der Waals surface area contributed by atoms with Gasteiger partial charge in [-0.2, -0.15) is 0 Å². The first-order chi connectivity index (χ1) is 7.29. The smallest absolute Gasteiger partial charge is 0.119 e. The fourth-order valence-electron chi connectivity index (χ4n) is 1.83. The van der Waals surface area contributed by atoms with Gasteiger partial charge in [-0.05, 0) is 37.0 Å². The molecule has 15 heavy (non-hydrogen) atoms. The molecule has 1 atom stereocenters. The van der Waals surface area contributed by atoms with Crippen molar-refractivity contribution in [2.45, 2.75) is 32.2 Å². The van der Waals surface area contributed by atoms with E-state index >= 15 is 0 Å². The van der Waals surface area contributed by atoms with Crippen molar-refractivity contribution in [1.29, 1.82) is 0 Å². The van der Waals surface area contributed by atoms with Gasteiger partial charge in [0.15, 0.2) is 0 Å². The minimum atomic E-state index is 0.202. The number of hydrogen-bond acceptors (Lipinski definition) is 2. The van der Waals surface area contributed by atoms with Gasteiger partial charge in [-0.15, -0.1) is 0 Å². The van der Waals surface area contributed by atoms with Crippen molar-refractivity contribution in [2.75, 3.05) is 6.61 Å². The topological polar surface area (TPSA) is 35.2 Å². The maximum Gasteiger partial charge on any atom is 0.119 e. The molecule has 1 aliphatic rings. The van der Waals surface area contributed by atoms with E-state index in [1.807, 2.05) is 19.1 Å². The lowest BCUT2D eigenvalue weighted by molar-refractivity contribution is 0.340. The van der Waals surface area contributed by atoms with Crippen LogP contribution in [0, 0.1) is 5.92 Å². The number of ether oxygens (including phenoxy) is 1. The Labute approximate surface area is 91.4 Å². The second kappa shape index (κ2) is 4.67. The highest BCUT2D eigenvalue weighted by Gasteiger charge is 2.24. The molecule has 2 rings (SSSR count). The van der Waals surface area contributed by atoms with Crippen molar-refractivity contribution in [2.24, 2.45) is 11.7 Å². The maximum absolute atomic E-state index is 6.12. The lowest BCUT2D eigenvalue weighted by Gasteiger charge is -2.12. The molecular formula is C13H19NO. The first-order valence-electron chi connectivity index (χ1n) is 5.78. The zero-order valence-corrected chi connectivity index (χ0v) is 9.28. The standard InChI is InChI=1S/C13H19NO/c1-2-15-12-7-5-11(6-8-12)13(14)9-10-3-4-10/h5-8,10,13H,2-4,9,14H2,1H3/t13-/m0/s1. The van der Waals surface area contributed by atoms with E-state index in [1.165, 1.54) is 18.4 Å². The Morgan fingerprint density at radius 2 is 2.00 bits per heavy atom. The Kier molecular flexibility index (Phi) is 3.27. The molecule has 2 nitrogen and oxygen atoms in total. The van der Waals surface area contributed by atoms with Crippen LogP contribution in [0.25, 0.3) is 0 Å². The van der Waals surface area contributed by atoms with Gasteiger partial charge in [-0.3, -0.25) is 0 Å². The fourth-order valence-corrected chi connectivity index (χ4v) is 1.83. The minimum absolute atomic E-state index is 0.202. The first kappa shape index (κ1) is 10.5. The van der Waals surface area contributed by atoms with Crippen LogP contribution < -0.4 is 10.5 Å². The van der Waals surface area contributed by atoms with Crippen molar-refractivity contribution in [3.05, 3.63) is 29.8 Å². The highest BCUT2D eigenvalue weighted by atomic mass is 16.5. The summed E-state index contributed by atoms with van der Waals surface area (Å²) in [6.45, 7) is 2.71. The summed E-state index contributed by atoms with van der Waals surface area (Å²) in [6, 6.07) is 8.38. The Hall–Kier alpha value is -1.02. The molecule has 0 spiro atoms. The van der Waals surface area contributed by atoms with Crippen molar-refractivity contribution >= 4 is 0 Å². The molecule has 0 bridgehead atoms. The third kappa shape index (κ3) is 2.96.